The molecule has 3 aromatic rings. The lowest BCUT2D eigenvalue weighted by atomic mass is 10.1. The summed E-state index contributed by atoms with van der Waals surface area (Å²) in [5, 5.41) is 5.54. The third kappa shape index (κ3) is 10.3. The summed E-state index contributed by atoms with van der Waals surface area (Å²) in [6.07, 6.45) is 3.47. The number of rotatable bonds is 8. The van der Waals surface area contributed by atoms with E-state index in [4.69, 9.17) is 85.5 Å². The molecule has 35 heavy (non-hydrogen) atoms. The Hall–Kier alpha value is -0.0300. The topological polar surface area (TPSA) is 34.2 Å². The van der Waals surface area contributed by atoms with Gasteiger partial charge in [0.1, 0.15) is 4.99 Å². The van der Waals surface area contributed by atoms with E-state index in [1.807, 2.05) is 12.1 Å². The fourth-order valence-corrected chi connectivity index (χ4v) is 5.83. The van der Waals surface area contributed by atoms with Gasteiger partial charge in [0.05, 0.1) is 29.9 Å². The summed E-state index contributed by atoms with van der Waals surface area (Å²) in [7, 11) is 0. The third-order valence-electron chi connectivity index (χ3n) is 3.84. The molecule has 0 aliphatic rings. The number of thiocarbonyl (C=S) groups is 1. The molecule has 0 aliphatic heterocycles. The van der Waals surface area contributed by atoms with Crippen LogP contribution >= 0.6 is 119 Å². The molecule has 0 atom stereocenters. The Bertz CT molecular complexity index is 1080. The van der Waals surface area contributed by atoms with Crippen LogP contribution in [0.1, 0.15) is 5.56 Å². The first-order valence-electron chi connectivity index (χ1n) is 9.42. The lowest BCUT2D eigenvalue weighted by molar-refractivity contribution is 0.757. The van der Waals surface area contributed by atoms with Crippen molar-refractivity contribution in [2.24, 2.45) is 0 Å². The summed E-state index contributed by atoms with van der Waals surface area (Å²) < 4.78 is 5.42. The van der Waals surface area contributed by atoms with Crippen molar-refractivity contribution in [1.29, 1.82) is 0 Å². The van der Waals surface area contributed by atoms with Gasteiger partial charge in [-0.05, 0) is 30.3 Å². The van der Waals surface area contributed by atoms with Gasteiger partial charge in [0.25, 0.3) is 0 Å². The van der Waals surface area contributed by atoms with Crippen LogP contribution in [0.25, 0.3) is 5.57 Å². The van der Waals surface area contributed by atoms with Crippen LogP contribution in [0.15, 0.2) is 65.2 Å². The molecule has 3 rings (SSSR count). The highest BCUT2D eigenvalue weighted by molar-refractivity contribution is 8.08. The molecule has 1 N–H and O–H groups in total. The average molecular weight is 665 g/mol. The third-order valence-corrected chi connectivity index (χ3v) is 8.29. The van der Waals surface area contributed by atoms with Gasteiger partial charge in [0.2, 0.25) is 0 Å². The van der Waals surface area contributed by atoms with E-state index in [2.05, 4.69) is 29.5 Å². The number of benzene rings is 2. The zero-order chi connectivity index (χ0) is 26.0. The van der Waals surface area contributed by atoms with Crippen LogP contribution in [0, 0.1) is 0 Å². The van der Waals surface area contributed by atoms with E-state index in [1.54, 1.807) is 36.7 Å². The van der Waals surface area contributed by atoms with Crippen molar-refractivity contribution >= 4 is 129 Å². The molecule has 1 aromatic heterocycles. The first-order chi connectivity index (χ1) is 16.6. The van der Waals surface area contributed by atoms with Crippen molar-refractivity contribution in [2.45, 2.75) is 9.79 Å². The molecule has 0 fully saturated rings. The van der Waals surface area contributed by atoms with Gasteiger partial charge in [0, 0.05) is 70.0 Å². The highest BCUT2D eigenvalue weighted by atomic mass is 35.5. The first kappa shape index (κ1) is 31.2. The number of aromatic nitrogens is 1. The number of pyridine rings is 1. The molecule has 3 nitrogen and oxygen atoms in total. The van der Waals surface area contributed by atoms with Gasteiger partial charge in [-0.15, -0.1) is 0 Å². The zero-order valence-corrected chi connectivity index (χ0v) is 25.4. The SMILES string of the molecule is C=C(C(=S)NCCS)c1cccnc1.Clc1cc(Cl)c(SOSc2c(Cl)cc(Cl)cc2Cl)c(Cl)c1. The minimum Gasteiger partial charge on any atom is -0.375 e. The van der Waals surface area contributed by atoms with Crippen molar-refractivity contribution in [1.82, 2.24) is 10.3 Å². The Kier molecular flexibility index (Phi) is 14.3. The number of halogens is 6. The van der Waals surface area contributed by atoms with Crippen LogP contribution in [-0.4, -0.2) is 22.3 Å². The van der Waals surface area contributed by atoms with Gasteiger partial charge < -0.3 is 5.32 Å². The maximum Gasteiger partial charge on any atom is 0.106 e. The summed E-state index contributed by atoms with van der Waals surface area (Å²) in [5.41, 5.74) is 1.75. The molecule has 0 amide bonds. The fraction of sp³-hybridized carbons (Fsp3) is 0.0909. The van der Waals surface area contributed by atoms with E-state index >= 15 is 0 Å². The van der Waals surface area contributed by atoms with Crippen molar-refractivity contribution < 1.29 is 3.63 Å². The Balaban J connectivity index is 0.000000269. The van der Waals surface area contributed by atoms with Crippen molar-refractivity contribution in [3.05, 3.63) is 91.1 Å². The van der Waals surface area contributed by atoms with Gasteiger partial charge in [-0.1, -0.05) is 94.5 Å². The smallest absolute Gasteiger partial charge is 0.106 e. The average Bonchev–Trinajstić information content (AvgIpc) is 2.81. The quantitative estimate of drug-likeness (QED) is 0.108. The molecule has 0 saturated heterocycles. The van der Waals surface area contributed by atoms with Crippen LogP contribution < -0.4 is 5.32 Å². The minimum absolute atomic E-state index is 0.395. The second-order valence-electron chi connectivity index (χ2n) is 6.33. The van der Waals surface area contributed by atoms with E-state index in [0.29, 0.717) is 44.9 Å². The standard InChI is InChI=1S/C12H4Cl6OS2.C10H12N2S2/c13-5-1-7(15)11(8(16)2-5)20-19-21-12-9(17)3-6(14)4-10(12)18;1-8(10(14)12-5-6-13)9-3-2-4-11-7-9/h1-4H;2-4,7,13H,1,5-6H2,(H,12,14). The molecule has 0 saturated carbocycles. The monoisotopic (exact) mass is 662 g/mol. The van der Waals surface area contributed by atoms with Crippen LogP contribution in [0.5, 0.6) is 0 Å². The normalized spacial score (nSPS) is 10.4. The molecule has 13 heteroatoms. The molecular formula is C22H16Cl6N2OS4. The highest BCUT2D eigenvalue weighted by Crippen LogP contribution is 2.43. The number of nitrogens with one attached hydrogen (secondary N) is 1. The van der Waals surface area contributed by atoms with Gasteiger partial charge in [-0.25, -0.2) is 3.63 Å². The van der Waals surface area contributed by atoms with Crippen molar-refractivity contribution in [2.75, 3.05) is 12.3 Å². The lowest BCUT2D eigenvalue weighted by Crippen LogP contribution is -2.24. The van der Waals surface area contributed by atoms with Gasteiger partial charge >= 0.3 is 0 Å². The number of hydrogen-bond donors (Lipinski definition) is 2. The lowest BCUT2D eigenvalue weighted by Gasteiger charge is -2.08. The largest absolute Gasteiger partial charge is 0.375 e. The summed E-state index contributed by atoms with van der Waals surface area (Å²) in [6, 6.07) is 10.1. The summed E-state index contributed by atoms with van der Waals surface area (Å²) >= 11 is 47.1. The molecule has 0 radical (unpaired) electrons. The fourth-order valence-electron chi connectivity index (χ4n) is 2.25. The number of nitrogens with zero attached hydrogens (tertiary/aromatic N) is 1. The molecule has 0 aliphatic carbocycles. The molecule has 186 valence electrons. The van der Waals surface area contributed by atoms with E-state index in [0.717, 1.165) is 47.5 Å². The van der Waals surface area contributed by atoms with Crippen molar-refractivity contribution in [3.8, 4) is 0 Å². The molecule has 2 aromatic carbocycles. The van der Waals surface area contributed by atoms with Gasteiger partial charge in [-0.3, -0.25) is 4.98 Å². The minimum atomic E-state index is 0.395. The molecule has 0 unspecified atom stereocenters. The molecule has 0 spiro atoms. The molecule has 1 heterocycles. The zero-order valence-electron chi connectivity index (χ0n) is 17.5. The van der Waals surface area contributed by atoms with E-state index in [9.17, 15) is 0 Å². The molecular weight excluding hydrogens is 649 g/mol. The highest BCUT2D eigenvalue weighted by Gasteiger charge is 2.13. The summed E-state index contributed by atoms with van der Waals surface area (Å²) in [6.45, 7) is 4.66. The maximum atomic E-state index is 6.05. The predicted molar refractivity (Wildman–Crippen MR) is 163 cm³/mol. The summed E-state index contributed by atoms with van der Waals surface area (Å²) in [4.78, 5) is 5.77. The second kappa shape index (κ2) is 16.0. The van der Waals surface area contributed by atoms with Crippen LogP contribution in [0.3, 0.4) is 0 Å². The predicted octanol–water partition coefficient (Wildman–Crippen LogP) is 10.3. The van der Waals surface area contributed by atoms with Gasteiger partial charge in [-0.2, -0.15) is 12.6 Å². The Morgan fingerprint density at radius 3 is 1.83 bits per heavy atom. The maximum absolute atomic E-state index is 6.05. The number of thiol groups is 1. The van der Waals surface area contributed by atoms with Crippen LogP contribution in [0.4, 0.5) is 0 Å². The van der Waals surface area contributed by atoms with Gasteiger partial charge in [0.15, 0.2) is 0 Å². The van der Waals surface area contributed by atoms with E-state index < -0.39 is 0 Å². The van der Waals surface area contributed by atoms with Crippen LogP contribution in [-0.2, 0) is 3.63 Å². The molecule has 0 bridgehead atoms. The second-order valence-corrected chi connectivity index (χ2v) is 11.4. The van der Waals surface area contributed by atoms with E-state index in [-0.39, 0.29) is 0 Å². The Morgan fingerprint density at radius 1 is 0.943 bits per heavy atom. The van der Waals surface area contributed by atoms with Crippen molar-refractivity contribution in [3.63, 3.8) is 0 Å². The Morgan fingerprint density at radius 2 is 1.43 bits per heavy atom. The van der Waals surface area contributed by atoms with E-state index in [1.165, 1.54) is 0 Å². The first-order valence-corrected chi connectivity index (χ1v) is 14.2. The Labute approximate surface area is 254 Å². The number of hydrogen-bond acceptors (Lipinski definition) is 6. The van der Waals surface area contributed by atoms with Crippen LogP contribution in [0.2, 0.25) is 30.1 Å². The summed E-state index contributed by atoms with van der Waals surface area (Å²) in [5.74, 6) is 0.750.